The number of nitrogens with zero attached hydrogens (tertiary/aromatic N) is 2. The lowest BCUT2D eigenvalue weighted by Gasteiger charge is -2.39. The van der Waals surface area contributed by atoms with Gasteiger partial charge in [0.25, 0.3) is 5.91 Å². The van der Waals surface area contributed by atoms with E-state index >= 15 is 0 Å². The molecular weight excluding hydrogens is 400 g/mol. The number of carbonyl (C=O) groups is 2. The summed E-state index contributed by atoms with van der Waals surface area (Å²) in [5.41, 5.74) is 0.690. The van der Waals surface area contributed by atoms with Crippen molar-refractivity contribution in [2.24, 2.45) is 5.41 Å². The van der Waals surface area contributed by atoms with E-state index < -0.39 is 0 Å². The Balaban J connectivity index is 1.32. The van der Waals surface area contributed by atoms with Gasteiger partial charge in [-0.05, 0) is 36.8 Å². The van der Waals surface area contributed by atoms with Crippen LogP contribution in [0.4, 0.5) is 0 Å². The number of amides is 2. The molecule has 3 heterocycles. The third kappa shape index (κ3) is 4.55. The van der Waals surface area contributed by atoms with Gasteiger partial charge in [0.1, 0.15) is 6.61 Å². The molecule has 2 aromatic rings. The molecule has 0 aliphatic carbocycles. The minimum Gasteiger partial charge on any atom is -0.493 e. The lowest BCUT2D eigenvalue weighted by atomic mass is 9.77. The van der Waals surface area contributed by atoms with Gasteiger partial charge < -0.3 is 28.4 Å². The molecule has 2 aliphatic heterocycles. The quantitative estimate of drug-likeness (QED) is 0.628. The maximum atomic E-state index is 13.0. The van der Waals surface area contributed by atoms with Crippen LogP contribution < -0.4 is 4.74 Å². The van der Waals surface area contributed by atoms with E-state index in [2.05, 4.69) is 0 Å². The van der Waals surface area contributed by atoms with Gasteiger partial charge >= 0.3 is 0 Å². The first-order valence-electron chi connectivity index (χ1n) is 10.8. The summed E-state index contributed by atoms with van der Waals surface area (Å²) < 4.78 is 21.5. The van der Waals surface area contributed by atoms with Gasteiger partial charge in [0, 0.05) is 38.7 Å². The second-order valence-electron chi connectivity index (χ2n) is 8.39. The van der Waals surface area contributed by atoms with Crippen molar-refractivity contribution in [3.05, 3.63) is 30.0 Å². The molecule has 1 aromatic heterocycles. The highest BCUT2D eigenvalue weighted by atomic mass is 16.5. The molecule has 2 aliphatic rings. The Morgan fingerprint density at radius 3 is 2.52 bits per heavy atom. The van der Waals surface area contributed by atoms with E-state index in [4.69, 9.17) is 18.6 Å². The van der Waals surface area contributed by atoms with Gasteiger partial charge in [0.05, 0.1) is 20.3 Å². The third-order valence-corrected chi connectivity index (χ3v) is 6.50. The average Bonchev–Trinajstić information content (AvgIpc) is 3.41. The molecular formula is C23H30N2O6. The molecule has 0 atom stereocenters. The van der Waals surface area contributed by atoms with E-state index in [-0.39, 0.29) is 23.8 Å². The lowest BCUT2D eigenvalue weighted by molar-refractivity contribution is -0.136. The number of fused-ring (bicyclic) bond motifs is 1. The largest absolute Gasteiger partial charge is 0.493 e. The number of hydrogen-bond donors (Lipinski definition) is 0. The number of carbonyl (C=O) groups excluding carboxylic acids is 2. The first kappa shape index (κ1) is 21.6. The fourth-order valence-electron chi connectivity index (χ4n) is 4.59. The van der Waals surface area contributed by atoms with Crippen molar-refractivity contribution in [3.63, 3.8) is 0 Å². The van der Waals surface area contributed by atoms with Crippen molar-refractivity contribution in [2.45, 2.75) is 19.3 Å². The van der Waals surface area contributed by atoms with E-state index in [1.54, 1.807) is 20.3 Å². The van der Waals surface area contributed by atoms with E-state index in [0.717, 1.165) is 37.7 Å². The summed E-state index contributed by atoms with van der Waals surface area (Å²) in [6, 6.07) is 7.39. The predicted octanol–water partition coefficient (Wildman–Crippen LogP) is 2.56. The van der Waals surface area contributed by atoms with Crippen molar-refractivity contribution in [1.29, 1.82) is 0 Å². The van der Waals surface area contributed by atoms with Gasteiger partial charge in [-0.25, -0.2) is 0 Å². The Kier molecular flexibility index (Phi) is 6.48. The Hall–Kier alpha value is -2.58. The van der Waals surface area contributed by atoms with Crippen molar-refractivity contribution >= 4 is 22.8 Å². The van der Waals surface area contributed by atoms with Gasteiger partial charge in [0.2, 0.25) is 5.91 Å². The molecule has 0 N–H and O–H groups in total. The molecule has 8 heteroatoms. The fraction of sp³-hybridized carbons (Fsp3) is 0.565. The van der Waals surface area contributed by atoms with E-state index in [0.29, 0.717) is 43.4 Å². The second kappa shape index (κ2) is 9.28. The first-order chi connectivity index (χ1) is 15.0. The summed E-state index contributed by atoms with van der Waals surface area (Å²) in [4.78, 5) is 29.2. The molecule has 2 fully saturated rings. The van der Waals surface area contributed by atoms with Crippen LogP contribution in [0.1, 0.15) is 29.8 Å². The Labute approximate surface area is 182 Å². The topological polar surface area (TPSA) is 81.5 Å². The fourth-order valence-corrected chi connectivity index (χ4v) is 4.59. The first-order valence-corrected chi connectivity index (χ1v) is 10.8. The van der Waals surface area contributed by atoms with Gasteiger partial charge in [-0.15, -0.1) is 0 Å². The zero-order chi connectivity index (χ0) is 21.8. The van der Waals surface area contributed by atoms with Crippen LogP contribution >= 0.6 is 0 Å². The number of ether oxygens (including phenoxy) is 3. The van der Waals surface area contributed by atoms with Crippen LogP contribution in [0.3, 0.4) is 0 Å². The van der Waals surface area contributed by atoms with E-state index in [1.807, 2.05) is 28.0 Å². The number of likely N-dealkylation sites (tertiary alicyclic amines) is 2. The number of rotatable bonds is 7. The Morgan fingerprint density at radius 1 is 1.06 bits per heavy atom. The van der Waals surface area contributed by atoms with Gasteiger partial charge in [0.15, 0.2) is 17.1 Å². The molecule has 2 amide bonds. The minimum atomic E-state index is -0.0921. The van der Waals surface area contributed by atoms with Crippen molar-refractivity contribution < 1.29 is 28.2 Å². The molecule has 0 saturated carbocycles. The average molecular weight is 431 g/mol. The highest BCUT2D eigenvalue weighted by Crippen LogP contribution is 2.41. The van der Waals surface area contributed by atoms with Crippen molar-refractivity contribution in [3.8, 4) is 5.75 Å². The number of hydrogen-bond acceptors (Lipinski definition) is 6. The summed E-state index contributed by atoms with van der Waals surface area (Å²) >= 11 is 0. The standard InChI is InChI=1S/C23H30N2O6/c1-28-12-13-30-15-20(26)25-11-8-23(16-25)6-9-24(10-7-23)22(27)19-14-17-4-3-5-18(29-2)21(17)31-19/h3-5,14H,6-13,15-16H2,1-2H3. The van der Waals surface area contributed by atoms with Crippen LogP contribution in [0.5, 0.6) is 5.75 Å². The van der Waals surface area contributed by atoms with Crippen LogP contribution in [-0.4, -0.2) is 81.8 Å². The monoisotopic (exact) mass is 430 g/mol. The molecule has 0 unspecified atom stereocenters. The molecule has 1 spiro atoms. The van der Waals surface area contributed by atoms with Crippen LogP contribution in [0.15, 0.2) is 28.7 Å². The number of furan rings is 1. The Bertz CT molecular complexity index is 931. The SMILES string of the molecule is COCCOCC(=O)N1CCC2(CCN(C(=O)c3cc4cccc(OC)c4o3)CC2)C1. The molecule has 168 valence electrons. The molecule has 4 rings (SSSR count). The van der Waals surface area contributed by atoms with Crippen molar-refractivity contribution in [2.75, 3.05) is 60.2 Å². The molecule has 2 saturated heterocycles. The van der Waals surface area contributed by atoms with Gasteiger partial charge in [-0.3, -0.25) is 9.59 Å². The van der Waals surface area contributed by atoms with E-state index in [9.17, 15) is 9.59 Å². The summed E-state index contributed by atoms with van der Waals surface area (Å²) in [7, 11) is 3.20. The van der Waals surface area contributed by atoms with E-state index in [1.165, 1.54) is 0 Å². The minimum absolute atomic E-state index is 0.0303. The molecule has 0 bridgehead atoms. The maximum Gasteiger partial charge on any atom is 0.289 e. The van der Waals surface area contributed by atoms with Crippen molar-refractivity contribution in [1.82, 2.24) is 9.80 Å². The number of methoxy groups -OCH3 is 2. The number of para-hydroxylation sites is 1. The number of benzene rings is 1. The highest BCUT2D eigenvalue weighted by Gasteiger charge is 2.43. The summed E-state index contributed by atoms with van der Waals surface area (Å²) in [5, 5.41) is 0.855. The normalized spacial score (nSPS) is 18.1. The number of piperidine rings is 1. The van der Waals surface area contributed by atoms with Crippen LogP contribution in [0.25, 0.3) is 11.0 Å². The lowest BCUT2D eigenvalue weighted by Crippen LogP contribution is -2.44. The maximum absolute atomic E-state index is 13.0. The zero-order valence-corrected chi connectivity index (χ0v) is 18.2. The summed E-state index contributed by atoms with van der Waals surface area (Å²) in [6.45, 7) is 3.83. The third-order valence-electron chi connectivity index (χ3n) is 6.50. The van der Waals surface area contributed by atoms with Crippen LogP contribution in [0.2, 0.25) is 0 Å². The highest BCUT2D eigenvalue weighted by molar-refractivity contribution is 5.97. The Morgan fingerprint density at radius 2 is 1.81 bits per heavy atom. The molecule has 0 radical (unpaired) electrons. The smallest absolute Gasteiger partial charge is 0.289 e. The predicted molar refractivity (Wildman–Crippen MR) is 114 cm³/mol. The summed E-state index contributed by atoms with van der Waals surface area (Å²) in [6.07, 6.45) is 2.74. The molecule has 8 nitrogen and oxygen atoms in total. The van der Waals surface area contributed by atoms with Crippen LogP contribution in [-0.2, 0) is 14.3 Å². The summed E-state index contributed by atoms with van der Waals surface area (Å²) in [5.74, 6) is 0.899. The van der Waals surface area contributed by atoms with Gasteiger partial charge in [-0.1, -0.05) is 12.1 Å². The molecule has 1 aromatic carbocycles. The zero-order valence-electron chi connectivity index (χ0n) is 18.2. The van der Waals surface area contributed by atoms with Crippen LogP contribution in [0, 0.1) is 5.41 Å². The molecule has 31 heavy (non-hydrogen) atoms. The van der Waals surface area contributed by atoms with Gasteiger partial charge in [-0.2, -0.15) is 0 Å². The second-order valence-corrected chi connectivity index (χ2v) is 8.39.